The van der Waals surface area contributed by atoms with E-state index in [2.05, 4.69) is 72.7 Å². The SMILES string of the molecule is C[C@H](OCc1cc(C(C)(C)C)cc(C(C)(C)C)c1)c1cccc(Cl)c1. The second-order valence-corrected chi connectivity index (χ2v) is 9.36. The van der Waals surface area contributed by atoms with Gasteiger partial charge in [-0.2, -0.15) is 0 Å². The maximum absolute atomic E-state index is 6.15. The van der Waals surface area contributed by atoms with Gasteiger partial charge < -0.3 is 4.74 Å². The summed E-state index contributed by atoms with van der Waals surface area (Å²) in [5.74, 6) is 0. The van der Waals surface area contributed by atoms with E-state index < -0.39 is 0 Å². The Bertz CT molecular complexity index is 687. The Kier molecular flexibility index (Phi) is 6.01. The van der Waals surface area contributed by atoms with Crippen molar-refractivity contribution in [3.05, 3.63) is 69.7 Å². The van der Waals surface area contributed by atoms with Crippen LogP contribution in [0.4, 0.5) is 0 Å². The molecule has 2 aromatic rings. The summed E-state index contributed by atoms with van der Waals surface area (Å²) in [4.78, 5) is 0. The van der Waals surface area contributed by atoms with Gasteiger partial charge in [0.15, 0.2) is 0 Å². The van der Waals surface area contributed by atoms with Crippen LogP contribution in [-0.2, 0) is 22.2 Å². The van der Waals surface area contributed by atoms with Crippen LogP contribution in [0, 0.1) is 0 Å². The highest BCUT2D eigenvalue weighted by atomic mass is 35.5. The van der Waals surface area contributed by atoms with E-state index in [4.69, 9.17) is 16.3 Å². The molecule has 1 atom stereocenters. The lowest BCUT2D eigenvalue weighted by Crippen LogP contribution is -2.17. The van der Waals surface area contributed by atoms with Gasteiger partial charge in [-0.3, -0.25) is 0 Å². The lowest BCUT2D eigenvalue weighted by Gasteiger charge is -2.26. The minimum atomic E-state index is 0.00933. The molecule has 0 aliphatic rings. The van der Waals surface area contributed by atoms with E-state index in [-0.39, 0.29) is 16.9 Å². The van der Waals surface area contributed by atoms with Crippen molar-refractivity contribution in [2.75, 3.05) is 0 Å². The second kappa shape index (κ2) is 7.51. The summed E-state index contributed by atoms with van der Waals surface area (Å²) in [6.07, 6.45) is 0.00933. The lowest BCUT2D eigenvalue weighted by molar-refractivity contribution is 0.0524. The summed E-state index contributed by atoms with van der Waals surface area (Å²) in [6, 6.07) is 14.8. The highest BCUT2D eigenvalue weighted by Gasteiger charge is 2.20. The number of rotatable bonds is 4. The molecule has 2 heteroatoms. The van der Waals surface area contributed by atoms with E-state index in [1.54, 1.807) is 0 Å². The zero-order valence-electron chi connectivity index (χ0n) is 16.6. The fourth-order valence-corrected chi connectivity index (χ4v) is 2.92. The molecular formula is C23H31ClO. The van der Waals surface area contributed by atoms with Crippen molar-refractivity contribution in [2.45, 2.75) is 72.0 Å². The molecule has 1 nitrogen and oxygen atoms in total. The first-order valence-electron chi connectivity index (χ1n) is 8.99. The van der Waals surface area contributed by atoms with Gasteiger partial charge >= 0.3 is 0 Å². The van der Waals surface area contributed by atoms with Gasteiger partial charge in [0.1, 0.15) is 0 Å². The quantitative estimate of drug-likeness (QED) is 0.560. The number of hydrogen-bond donors (Lipinski definition) is 0. The van der Waals surface area contributed by atoms with Crippen LogP contribution in [-0.4, -0.2) is 0 Å². The highest BCUT2D eigenvalue weighted by Crippen LogP contribution is 2.31. The smallest absolute Gasteiger partial charge is 0.0801 e. The molecule has 0 bridgehead atoms. The Hall–Kier alpha value is -1.31. The number of halogens is 1. The van der Waals surface area contributed by atoms with Crippen LogP contribution in [0.3, 0.4) is 0 Å². The molecule has 0 saturated heterocycles. The minimum Gasteiger partial charge on any atom is -0.369 e. The van der Waals surface area contributed by atoms with Gasteiger partial charge in [-0.1, -0.05) is 83.5 Å². The number of benzene rings is 2. The van der Waals surface area contributed by atoms with Gasteiger partial charge in [-0.05, 0) is 52.1 Å². The predicted octanol–water partition coefficient (Wildman–Crippen LogP) is 7.21. The highest BCUT2D eigenvalue weighted by molar-refractivity contribution is 6.30. The van der Waals surface area contributed by atoms with Crippen molar-refractivity contribution in [2.24, 2.45) is 0 Å². The Morgan fingerprint density at radius 3 is 1.92 bits per heavy atom. The third-order valence-corrected chi connectivity index (χ3v) is 4.78. The standard InChI is InChI=1S/C23H31ClO/c1-16(18-9-8-10-21(24)13-18)25-15-17-11-19(22(2,3)4)14-20(12-17)23(5,6)7/h8-14,16H,15H2,1-7H3/t16-/m0/s1. The average Bonchev–Trinajstić information content (AvgIpc) is 2.50. The van der Waals surface area contributed by atoms with Crippen molar-refractivity contribution in [1.82, 2.24) is 0 Å². The molecule has 0 aliphatic heterocycles. The molecule has 0 amide bonds. The van der Waals surface area contributed by atoms with Crippen LogP contribution >= 0.6 is 11.6 Å². The van der Waals surface area contributed by atoms with Crippen molar-refractivity contribution < 1.29 is 4.74 Å². The Morgan fingerprint density at radius 2 is 1.44 bits per heavy atom. The summed E-state index contributed by atoms with van der Waals surface area (Å²) >= 11 is 6.09. The molecule has 0 spiro atoms. The molecule has 0 N–H and O–H groups in total. The zero-order valence-corrected chi connectivity index (χ0v) is 17.4. The van der Waals surface area contributed by atoms with Gasteiger partial charge in [-0.15, -0.1) is 0 Å². The maximum Gasteiger partial charge on any atom is 0.0801 e. The Labute approximate surface area is 158 Å². The normalized spacial score (nSPS) is 13.8. The van der Waals surface area contributed by atoms with E-state index in [1.165, 1.54) is 16.7 Å². The van der Waals surface area contributed by atoms with E-state index in [0.29, 0.717) is 6.61 Å². The fourth-order valence-electron chi connectivity index (χ4n) is 2.72. The van der Waals surface area contributed by atoms with Gasteiger partial charge in [0.05, 0.1) is 12.7 Å². The van der Waals surface area contributed by atoms with Crippen LogP contribution in [0.2, 0.25) is 5.02 Å². The van der Waals surface area contributed by atoms with Crippen molar-refractivity contribution in [3.8, 4) is 0 Å². The molecule has 0 aliphatic carbocycles. The summed E-state index contributed by atoms with van der Waals surface area (Å²) < 4.78 is 6.15. The molecule has 2 rings (SSSR count). The largest absolute Gasteiger partial charge is 0.369 e. The number of ether oxygens (including phenoxy) is 1. The van der Waals surface area contributed by atoms with Crippen LogP contribution < -0.4 is 0 Å². The monoisotopic (exact) mass is 358 g/mol. The first kappa shape index (κ1) is 20.0. The maximum atomic E-state index is 6.15. The van der Waals surface area contributed by atoms with Crippen molar-refractivity contribution in [1.29, 1.82) is 0 Å². The first-order chi connectivity index (χ1) is 11.5. The summed E-state index contributed by atoms with van der Waals surface area (Å²) in [5.41, 5.74) is 5.29. The summed E-state index contributed by atoms with van der Waals surface area (Å²) in [5, 5.41) is 0.748. The molecule has 0 radical (unpaired) electrons. The van der Waals surface area contributed by atoms with Gasteiger partial charge in [0, 0.05) is 5.02 Å². The third kappa shape index (κ3) is 5.59. The van der Waals surface area contributed by atoms with E-state index >= 15 is 0 Å². The van der Waals surface area contributed by atoms with E-state index in [1.807, 2.05) is 18.2 Å². The Balaban J connectivity index is 2.23. The molecular weight excluding hydrogens is 328 g/mol. The lowest BCUT2D eigenvalue weighted by atomic mass is 9.79. The van der Waals surface area contributed by atoms with E-state index in [9.17, 15) is 0 Å². The predicted molar refractivity (Wildman–Crippen MR) is 108 cm³/mol. The molecule has 0 aromatic heterocycles. The molecule has 136 valence electrons. The van der Waals surface area contributed by atoms with Crippen molar-refractivity contribution >= 4 is 11.6 Å². The summed E-state index contributed by atoms with van der Waals surface area (Å²) in [6.45, 7) is 16.2. The molecule has 25 heavy (non-hydrogen) atoms. The topological polar surface area (TPSA) is 9.23 Å². The number of hydrogen-bond acceptors (Lipinski definition) is 1. The van der Waals surface area contributed by atoms with Gasteiger partial charge in [0.2, 0.25) is 0 Å². The molecule has 0 saturated carbocycles. The van der Waals surface area contributed by atoms with E-state index in [0.717, 1.165) is 10.6 Å². The average molecular weight is 359 g/mol. The molecule has 0 unspecified atom stereocenters. The Morgan fingerprint density at radius 1 is 0.880 bits per heavy atom. The van der Waals surface area contributed by atoms with Crippen molar-refractivity contribution in [3.63, 3.8) is 0 Å². The van der Waals surface area contributed by atoms with Crippen LogP contribution in [0.5, 0.6) is 0 Å². The molecule has 0 heterocycles. The minimum absolute atomic E-state index is 0.00933. The van der Waals surface area contributed by atoms with Crippen LogP contribution in [0.15, 0.2) is 42.5 Å². The second-order valence-electron chi connectivity index (χ2n) is 8.93. The van der Waals surface area contributed by atoms with Crippen LogP contribution in [0.25, 0.3) is 0 Å². The summed E-state index contributed by atoms with van der Waals surface area (Å²) in [7, 11) is 0. The molecule has 0 fully saturated rings. The zero-order chi connectivity index (χ0) is 18.8. The van der Waals surface area contributed by atoms with Gasteiger partial charge in [-0.25, -0.2) is 0 Å². The van der Waals surface area contributed by atoms with Gasteiger partial charge in [0.25, 0.3) is 0 Å². The third-order valence-electron chi connectivity index (χ3n) is 4.54. The molecule has 2 aromatic carbocycles. The fraction of sp³-hybridized carbons (Fsp3) is 0.478. The van der Waals surface area contributed by atoms with Crippen LogP contribution in [0.1, 0.15) is 76.8 Å². The first-order valence-corrected chi connectivity index (χ1v) is 9.36.